The maximum Gasteiger partial charge on any atom is 0.307 e. The summed E-state index contributed by atoms with van der Waals surface area (Å²) in [5.74, 6) is -2.10. The number of hydrogen-bond donors (Lipinski definition) is 3. The van der Waals surface area contributed by atoms with Crippen LogP contribution >= 0.6 is 0 Å². The molecule has 1 fully saturated rings. The number of carbonyl (C=O) groups is 2. The van der Waals surface area contributed by atoms with E-state index in [0.29, 0.717) is 19.4 Å². The number of carboxylic acid groups (broad SMARTS) is 1. The summed E-state index contributed by atoms with van der Waals surface area (Å²) >= 11 is 0. The van der Waals surface area contributed by atoms with Gasteiger partial charge >= 0.3 is 5.97 Å². The van der Waals surface area contributed by atoms with Crippen molar-refractivity contribution < 1.29 is 19.8 Å². The predicted octanol–water partition coefficient (Wildman–Crippen LogP) is 0.931. The Bertz CT molecular complexity index is 380. The van der Waals surface area contributed by atoms with Crippen LogP contribution in [0.4, 0.5) is 0 Å². The summed E-state index contributed by atoms with van der Waals surface area (Å²) in [6.45, 7) is 0.451. The maximum atomic E-state index is 12.1. The highest BCUT2D eigenvalue weighted by molar-refractivity contribution is 5.85. The highest BCUT2D eigenvalue weighted by Gasteiger charge is 2.34. The number of hydrogen-bond acceptors (Lipinski definition) is 3. The molecule has 0 aliphatic heterocycles. The fourth-order valence-corrected chi connectivity index (χ4v) is 3.00. The van der Waals surface area contributed by atoms with Crippen molar-refractivity contribution in [3.63, 3.8) is 0 Å². The number of rotatable bonds is 4. The normalized spacial score (nSPS) is 34.2. The zero-order valence-corrected chi connectivity index (χ0v) is 10.9. The topological polar surface area (TPSA) is 86.6 Å². The summed E-state index contributed by atoms with van der Waals surface area (Å²) in [5.41, 5.74) is 0. The van der Waals surface area contributed by atoms with Gasteiger partial charge in [-0.15, -0.1) is 0 Å². The second-order valence-electron chi connectivity index (χ2n) is 5.50. The first kappa shape index (κ1) is 14.1. The summed E-state index contributed by atoms with van der Waals surface area (Å²) in [6, 6.07) is 0. The molecule has 4 atom stereocenters. The van der Waals surface area contributed by atoms with Crippen molar-refractivity contribution >= 4 is 11.9 Å². The van der Waals surface area contributed by atoms with Crippen LogP contribution in [-0.2, 0) is 9.59 Å². The van der Waals surface area contributed by atoms with Crippen molar-refractivity contribution in [3.05, 3.63) is 12.2 Å². The molecule has 1 amide bonds. The van der Waals surface area contributed by atoms with E-state index in [1.807, 2.05) is 12.2 Å². The summed E-state index contributed by atoms with van der Waals surface area (Å²) < 4.78 is 0. The van der Waals surface area contributed by atoms with Gasteiger partial charge in [0.1, 0.15) is 0 Å². The maximum absolute atomic E-state index is 12.1. The molecule has 2 aliphatic carbocycles. The highest BCUT2D eigenvalue weighted by Crippen LogP contribution is 2.27. The van der Waals surface area contributed by atoms with E-state index in [1.54, 1.807) is 0 Å². The Balaban J connectivity index is 1.87. The second kappa shape index (κ2) is 6.19. The van der Waals surface area contributed by atoms with Crippen LogP contribution in [0.3, 0.4) is 0 Å². The first-order chi connectivity index (χ1) is 9.09. The molecular weight excluding hydrogens is 246 g/mol. The van der Waals surface area contributed by atoms with Gasteiger partial charge in [-0.3, -0.25) is 9.59 Å². The molecule has 5 nitrogen and oxygen atoms in total. The first-order valence-corrected chi connectivity index (χ1v) is 6.93. The fraction of sp³-hybridized carbons (Fsp3) is 0.714. The number of aliphatic hydroxyl groups is 1. The Morgan fingerprint density at radius 3 is 2.42 bits per heavy atom. The van der Waals surface area contributed by atoms with Crippen LogP contribution < -0.4 is 5.32 Å². The summed E-state index contributed by atoms with van der Waals surface area (Å²) in [7, 11) is 0. The SMILES string of the molecule is O=C(O)[C@H]1CC=CC[C@H]1C(=O)NCC1CCCC1O. The van der Waals surface area contributed by atoms with E-state index >= 15 is 0 Å². The van der Waals surface area contributed by atoms with Crippen molar-refractivity contribution in [3.8, 4) is 0 Å². The molecule has 0 radical (unpaired) electrons. The van der Waals surface area contributed by atoms with Crippen LogP contribution in [0.5, 0.6) is 0 Å². The van der Waals surface area contributed by atoms with Crippen LogP contribution in [0.15, 0.2) is 12.2 Å². The van der Waals surface area contributed by atoms with Gasteiger partial charge in [0.25, 0.3) is 0 Å². The standard InChI is InChI=1S/C14H21NO4/c16-12-7-3-4-9(12)8-15-13(17)10-5-1-2-6-11(10)14(18)19/h1-2,9-12,16H,3-8H2,(H,15,17)(H,18,19)/t9?,10-,11+,12?/m1/s1. The number of carboxylic acids is 1. The van der Waals surface area contributed by atoms with Crippen molar-refractivity contribution in [2.45, 2.75) is 38.2 Å². The van der Waals surface area contributed by atoms with Gasteiger partial charge in [-0.1, -0.05) is 18.6 Å². The van der Waals surface area contributed by atoms with Gasteiger partial charge in [-0.25, -0.2) is 0 Å². The molecule has 2 rings (SSSR count). The summed E-state index contributed by atoms with van der Waals surface area (Å²) in [4.78, 5) is 23.2. The van der Waals surface area contributed by atoms with Crippen LogP contribution in [-0.4, -0.2) is 34.7 Å². The average molecular weight is 267 g/mol. The lowest BCUT2D eigenvalue weighted by molar-refractivity contribution is -0.147. The van der Waals surface area contributed by atoms with E-state index < -0.39 is 17.8 Å². The molecule has 2 unspecified atom stereocenters. The number of allylic oxidation sites excluding steroid dienone is 2. The molecule has 0 aromatic rings. The third kappa shape index (κ3) is 3.35. The van der Waals surface area contributed by atoms with Crippen molar-refractivity contribution in [1.82, 2.24) is 5.32 Å². The zero-order chi connectivity index (χ0) is 13.8. The summed E-state index contributed by atoms with van der Waals surface area (Å²) in [6.07, 6.45) is 6.97. The number of aliphatic hydroxyl groups excluding tert-OH is 1. The molecule has 2 aliphatic rings. The molecule has 19 heavy (non-hydrogen) atoms. The van der Waals surface area contributed by atoms with Crippen LogP contribution in [0.2, 0.25) is 0 Å². The lowest BCUT2D eigenvalue weighted by atomic mass is 9.82. The van der Waals surface area contributed by atoms with Crippen LogP contribution in [0.1, 0.15) is 32.1 Å². The Kier molecular flexibility index (Phi) is 4.58. The van der Waals surface area contributed by atoms with Crippen LogP contribution in [0.25, 0.3) is 0 Å². The highest BCUT2D eigenvalue weighted by atomic mass is 16.4. The Morgan fingerprint density at radius 1 is 1.16 bits per heavy atom. The second-order valence-corrected chi connectivity index (χ2v) is 5.50. The number of amides is 1. The molecule has 106 valence electrons. The minimum absolute atomic E-state index is 0.117. The smallest absolute Gasteiger partial charge is 0.307 e. The van der Waals surface area contributed by atoms with Crippen LogP contribution in [0, 0.1) is 17.8 Å². The van der Waals surface area contributed by atoms with E-state index in [4.69, 9.17) is 5.11 Å². The molecule has 1 saturated carbocycles. The quantitative estimate of drug-likeness (QED) is 0.661. The predicted molar refractivity (Wildman–Crippen MR) is 69.3 cm³/mol. The Labute approximate surface area is 112 Å². The molecule has 0 bridgehead atoms. The third-order valence-corrected chi connectivity index (χ3v) is 4.24. The van der Waals surface area contributed by atoms with Gasteiger partial charge in [0, 0.05) is 12.5 Å². The van der Waals surface area contributed by atoms with E-state index in [0.717, 1.165) is 19.3 Å². The molecule has 0 heterocycles. The van der Waals surface area contributed by atoms with Gasteiger partial charge in [0.2, 0.25) is 5.91 Å². The van der Waals surface area contributed by atoms with E-state index in [9.17, 15) is 14.7 Å². The van der Waals surface area contributed by atoms with E-state index in [2.05, 4.69) is 5.32 Å². The Hall–Kier alpha value is -1.36. The van der Waals surface area contributed by atoms with Gasteiger partial charge in [-0.2, -0.15) is 0 Å². The lowest BCUT2D eigenvalue weighted by Gasteiger charge is -2.25. The van der Waals surface area contributed by atoms with E-state index in [-0.39, 0.29) is 17.9 Å². The third-order valence-electron chi connectivity index (χ3n) is 4.24. The van der Waals surface area contributed by atoms with Gasteiger partial charge < -0.3 is 15.5 Å². The largest absolute Gasteiger partial charge is 0.481 e. The number of aliphatic carboxylic acids is 1. The molecule has 3 N–H and O–H groups in total. The summed E-state index contributed by atoms with van der Waals surface area (Å²) in [5, 5.41) is 21.6. The van der Waals surface area contributed by atoms with Crippen molar-refractivity contribution in [1.29, 1.82) is 0 Å². The lowest BCUT2D eigenvalue weighted by Crippen LogP contribution is -2.41. The molecular formula is C14H21NO4. The molecule has 0 aromatic heterocycles. The van der Waals surface area contributed by atoms with Gasteiger partial charge in [0.15, 0.2) is 0 Å². The number of carbonyl (C=O) groups excluding carboxylic acids is 1. The monoisotopic (exact) mass is 267 g/mol. The fourth-order valence-electron chi connectivity index (χ4n) is 3.00. The van der Waals surface area contributed by atoms with Gasteiger partial charge in [0.05, 0.1) is 17.9 Å². The Morgan fingerprint density at radius 2 is 1.84 bits per heavy atom. The van der Waals surface area contributed by atoms with Gasteiger partial charge in [-0.05, 0) is 25.7 Å². The minimum Gasteiger partial charge on any atom is -0.481 e. The zero-order valence-electron chi connectivity index (χ0n) is 10.9. The molecule has 5 heteroatoms. The minimum atomic E-state index is -0.912. The van der Waals surface area contributed by atoms with Crippen molar-refractivity contribution in [2.75, 3.05) is 6.54 Å². The number of nitrogens with one attached hydrogen (secondary N) is 1. The first-order valence-electron chi connectivity index (χ1n) is 6.93. The van der Waals surface area contributed by atoms with Crippen molar-refractivity contribution in [2.24, 2.45) is 17.8 Å². The molecule has 0 saturated heterocycles. The molecule has 0 spiro atoms. The van der Waals surface area contributed by atoms with E-state index in [1.165, 1.54) is 0 Å². The molecule has 0 aromatic carbocycles. The average Bonchev–Trinajstić information content (AvgIpc) is 2.81.